The van der Waals surface area contributed by atoms with Gasteiger partial charge in [0.15, 0.2) is 6.61 Å². The summed E-state index contributed by atoms with van der Waals surface area (Å²) in [5, 5.41) is 0. The third-order valence-electron chi connectivity index (χ3n) is 3.21. The summed E-state index contributed by atoms with van der Waals surface area (Å²) in [6, 6.07) is 13.0. The maximum atomic E-state index is 12.2. The number of amides is 1. The van der Waals surface area contributed by atoms with Gasteiger partial charge in [-0.05, 0) is 61.4 Å². The Morgan fingerprint density at radius 1 is 1.10 bits per heavy atom. The largest absolute Gasteiger partial charge is 0.484 e. The summed E-state index contributed by atoms with van der Waals surface area (Å²) in [4.78, 5) is 13.8. The van der Waals surface area contributed by atoms with Gasteiger partial charge in [-0.15, -0.1) is 0 Å². The molecule has 2 aromatic rings. The Hall–Kier alpha value is -2.49. The van der Waals surface area contributed by atoms with Crippen LogP contribution in [0.25, 0.3) is 0 Å². The lowest BCUT2D eigenvalue weighted by atomic mass is 10.1. The number of anilines is 2. The first-order valence-corrected chi connectivity index (χ1v) is 6.79. The van der Waals surface area contributed by atoms with Gasteiger partial charge in [-0.25, -0.2) is 0 Å². The van der Waals surface area contributed by atoms with Gasteiger partial charge in [0.2, 0.25) is 0 Å². The van der Waals surface area contributed by atoms with Gasteiger partial charge in [-0.1, -0.05) is 6.07 Å². The molecule has 0 spiro atoms. The zero-order chi connectivity index (χ0) is 15.4. The summed E-state index contributed by atoms with van der Waals surface area (Å²) < 4.78 is 5.48. The molecule has 0 aromatic heterocycles. The highest BCUT2D eigenvalue weighted by molar-refractivity contribution is 5.94. The predicted molar refractivity (Wildman–Crippen MR) is 85.7 cm³/mol. The molecule has 0 heterocycles. The van der Waals surface area contributed by atoms with Crippen molar-refractivity contribution >= 4 is 17.3 Å². The Morgan fingerprint density at radius 2 is 1.67 bits per heavy atom. The number of likely N-dealkylation sites (N-methyl/N-ethyl adjacent to an activating group) is 1. The molecule has 0 atom stereocenters. The molecule has 0 aliphatic heterocycles. The Kier molecular flexibility index (Phi) is 4.48. The number of carbonyl (C=O) groups excluding carboxylic acids is 1. The van der Waals surface area contributed by atoms with Crippen LogP contribution in [0.15, 0.2) is 42.5 Å². The topological polar surface area (TPSA) is 55.6 Å². The number of nitrogens with two attached hydrogens (primary N) is 1. The highest BCUT2D eigenvalue weighted by atomic mass is 16.5. The van der Waals surface area contributed by atoms with Gasteiger partial charge in [-0.2, -0.15) is 0 Å². The monoisotopic (exact) mass is 284 g/mol. The minimum absolute atomic E-state index is 0.00654. The number of carbonyl (C=O) groups is 1. The van der Waals surface area contributed by atoms with Crippen LogP contribution >= 0.6 is 0 Å². The van der Waals surface area contributed by atoms with Gasteiger partial charge in [0.25, 0.3) is 5.91 Å². The van der Waals surface area contributed by atoms with E-state index in [1.807, 2.05) is 26.0 Å². The van der Waals surface area contributed by atoms with Crippen molar-refractivity contribution in [2.45, 2.75) is 13.8 Å². The molecule has 21 heavy (non-hydrogen) atoms. The van der Waals surface area contributed by atoms with Gasteiger partial charge < -0.3 is 15.4 Å². The van der Waals surface area contributed by atoms with E-state index >= 15 is 0 Å². The summed E-state index contributed by atoms with van der Waals surface area (Å²) in [6.45, 7) is 4.02. The Labute approximate surface area is 125 Å². The van der Waals surface area contributed by atoms with E-state index in [0.29, 0.717) is 11.4 Å². The number of hydrogen-bond acceptors (Lipinski definition) is 3. The molecule has 0 unspecified atom stereocenters. The molecule has 0 aliphatic rings. The average molecular weight is 284 g/mol. The molecule has 0 bridgehead atoms. The molecule has 110 valence electrons. The van der Waals surface area contributed by atoms with E-state index in [1.165, 1.54) is 0 Å². The van der Waals surface area contributed by atoms with E-state index in [1.54, 1.807) is 36.2 Å². The Balaban J connectivity index is 2.00. The predicted octanol–water partition coefficient (Wildman–Crippen LogP) is 2.93. The van der Waals surface area contributed by atoms with Crippen LogP contribution in [-0.2, 0) is 4.79 Å². The quantitative estimate of drug-likeness (QED) is 0.878. The highest BCUT2D eigenvalue weighted by Crippen LogP contribution is 2.18. The van der Waals surface area contributed by atoms with E-state index in [-0.39, 0.29) is 12.5 Å². The van der Waals surface area contributed by atoms with Crippen LogP contribution in [0, 0.1) is 13.8 Å². The standard InChI is InChI=1S/C17H20N2O2/c1-12-8-13(2)10-15(9-12)19(3)17(20)11-21-16-6-4-14(18)5-7-16/h4-10H,11,18H2,1-3H3. The molecule has 0 aliphatic carbocycles. The molecule has 2 rings (SSSR count). The smallest absolute Gasteiger partial charge is 0.264 e. The summed E-state index contributed by atoms with van der Waals surface area (Å²) in [5.41, 5.74) is 9.40. The third kappa shape index (κ3) is 3.99. The van der Waals surface area contributed by atoms with Gasteiger partial charge in [-0.3, -0.25) is 4.79 Å². The summed E-state index contributed by atoms with van der Waals surface area (Å²) in [7, 11) is 1.75. The van der Waals surface area contributed by atoms with E-state index in [2.05, 4.69) is 6.07 Å². The second kappa shape index (κ2) is 6.31. The van der Waals surface area contributed by atoms with Gasteiger partial charge in [0, 0.05) is 18.4 Å². The lowest BCUT2D eigenvalue weighted by Gasteiger charge is -2.19. The van der Waals surface area contributed by atoms with Crippen molar-refractivity contribution in [1.29, 1.82) is 0 Å². The van der Waals surface area contributed by atoms with Crippen LogP contribution in [0.5, 0.6) is 5.75 Å². The molecule has 4 nitrogen and oxygen atoms in total. The van der Waals surface area contributed by atoms with Crippen LogP contribution in [-0.4, -0.2) is 19.6 Å². The lowest BCUT2D eigenvalue weighted by molar-refractivity contribution is -0.120. The molecule has 2 N–H and O–H groups in total. The number of nitrogens with zero attached hydrogens (tertiary/aromatic N) is 1. The number of hydrogen-bond donors (Lipinski definition) is 1. The maximum Gasteiger partial charge on any atom is 0.264 e. The van der Waals surface area contributed by atoms with E-state index in [9.17, 15) is 4.79 Å². The number of nitrogen functional groups attached to an aromatic ring is 1. The van der Waals surface area contributed by atoms with Crippen LogP contribution < -0.4 is 15.4 Å². The molecule has 0 radical (unpaired) electrons. The maximum absolute atomic E-state index is 12.2. The second-order valence-corrected chi connectivity index (χ2v) is 5.16. The molecule has 0 saturated heterocycles. The first-order valence-electron chi connectivity index (χ1n) is 6.79. The van der Waals surface area contributed by atoms with E-state index in [0.717, 1.165) is 16.8 Å². The number of rotatable bonds is 4. The molecule has 4 heteroatoms. The fraction of sp³-hybridized carbons (Fsp3) is 0.235. The number of aryl methyl sites for hydroxylation is 2. The summed E-state index contributed by atoms with van der Waals surface area (Å²) in [5.74, 6) is 0.531. The molecular formula is C17H20N2O2. The molecule has 2 aromatic carbocycles. The fourth-order valence-corrected chi connectivity index (χ4v) is 2.09. The van der Waals surface area contributed by atoms with Crippen molar-refractivity contribution < 1.29 is 9.53 Å². The Bertz CT molecular complexity index is 615. The summed E-state index contributed by atoms with van der Waals surface area (Å²) in [6.07, 6.45) is 0. The minimum atomic E-state index is -0.100. The van der Waals surface area contributed by atoms with E-state index < -0.39 is 0 Å². The highest BCUT2D eigenvalue weighted by Gasteiger charge is 2.12. The average Bonchev–Trinajstić information content (AvgIpc) is 2.44. The van der Waals surface area contributed by atoms with Crippen LogP contribution in [0.2, 0.25) is 0 Å². The van der Waals surface area contributed by atoms with Crippen molar-refractivity contribution in [3.05, 3.63) is 53.6 Å². The van der Waals surface area contributed by atoms with Crippen molar-refractivity contribution in [3.63, 3.8) is 0 Å². The third-order valence-corrected chi connectivity index (χ3v) is 3.21. The molecular weight excluding hydrogens is 264 g/mol. The van der Waals surface area contributed by atoms with Crippen molar-refractivity contribution in [1.82, 2.24) is 0 Å². The van der Waals surface area contributed by atoms with Gasteiger partial charge in [0.1, 0.15) is 5.75 Å². The molecule has 0 fully saturated rings. The zero-order valence-corrected chi connectivity index (χ0v) is 12.6. The SMILES string of the molecule is Cc1cc(C)cc(N(C)C(=O)COc2ccc(N)cc2)c1. The Morgan fingerprint density at radius 3 is 2.24 bits per heavy atom. The number of benzene rings is 2. The van der Waals surface area contributed by atoms with Gasteiger partial charge >= 0.3 is 0 Å². The zero-order valence-electron chi connectivity index (χ0n) is 12.6. The van der Waals surface area contributed by atoms with Crippen molar-refractivity contribution in [2.24, 2.45) is 0 Å². The van der Waals surface area contributed by atoms with Gasteiger partial charge in [0.05, 0.1) is 0 Å². The van der Waals surface area contributed by atoms with E-state index in [4.69, 9.17) is 10.5 Å². The van der Waals surface area contributed by atoms with Crippen molar-refractivity contribution in [3.8, 4) is 5.75 Å². The minimum Gasteiger partial charge on any atom is -0.484 e. The van der Waals surface area contributed by atoms with Crippen molar-refractivity contribution in [2.75, 3.05) is 24.3 Å². The first kappa shape index (κ1) is 14.9. The van der Waals surface area contributed by atoms with Crippen LogP contribution in [0.3, 0.4) is 0 Å². The normalized spacial score (nSPS) is 10.2. The second-order valence-electron chi connectivity index (χ2n) is 5.16. The van der Waals surface area contributed by atoms with Crippen LogP contribution in [0.1, 0.15) is 11.1 Å². The molecule has 1 amide bonds. The fourth-order valence-electron chi connectivity index (χ4n) is 2.09. The summed E-state index contributed by atoms with van der Waals surface area (Å²) >= 11 is 0. The van der Waals surface area contributed by atoms with Crippen LogP contribution in [0.4, 0.5) is 11.4 Å². The lowest BCUT2D eigenvalue weighted by Crippen LogP contribution is -2.31. The molecule has 0 saturated carbocycles. The number of ether oxygens (including phenoxy) is 1. The first-order chi connectivity index (χ1) is 9.95.